The van der Waals surface area contributed by atoms with Gasteiger partial charge in [-0.15, -0.1) is 0 Å². The summed E-state index contributed by atoms with van der Waals surface area (Å²) in [6.07, 6.45) is 0.119. The maximum absolute atomic E-state index is 12.6. The van der Waals surface area contributed by atoms with Gasteiger partial charge >= 0.3 is 0 Å². The molecule has 1 atom stereocenters. The molecule has 122 valence electrons. The molecule has 0 bridgehead atoms. The number of hydrogen-bond acceptors (Lipinski definition) is 5. The van der Waals surface area contributed by atoms with Crippen LogP contribution >= 0.6 is 0 Å². The van der Waals surface area contributed by atoms with Gasteiger partial charge in [0, 0.05) is 17.8 Å². The zero-order valence-electron chi connectivity index (χ0n) is 13.4. The number of aromatic amines is 1. The lowest BCUT2D eigenvalue weighted by molar-refractivity contribution is -0.138. The van der Waals surface area contributed by atoms with Crippen LogP contribution in [0.15, 0.2) is 18.2 Å². The van der Waals surface area contributed by atoms with E-state index in [4.69, 9.17) is 10.5 Å². The summed E-state index contributed by atoms with van der Waals surface area (Å²) in [5.41, 5.74) is 9.28. The number of rotatable bonds is 3. The fourth-order valence-corrected chi connectivity index (χ4v) is 2.80. The van der Waals surface area contributed by atoms with E-state index in [0.717, 1.165) is 22.6 Å². The average molecular weight is 315 g/mol. The largest absolute Gasteiger partial charge is 0.384 e. The van der Waals surface area contributed by atoms with Gasteiger partial charge in [0.2, 0.25) is 5.91 Å². The summed E-state index contributed by atoms with van der Waals surface area (Å²) in [7, 11) is 0. The van der Waals surface area contributed by atoms with Crippen LogP contribution in [0.3, 0.4) is 0 Å². The van der Waals surface area contributed by atoms with Gasteiger partial charge in [0.1, 0.15) is 11.9 Å². The minimum Gasteiger partial charge on any atom is -0.384 e. The number of aromatic nitrogens is 3. The molecule has 0 saturated carbocycles. The predicted molar refractivity (Wildman–Crippen MR) is 85.7 cm³/mol. The van der Waals surface area contributed by atoms with Gasteiger partial charge in [-0.3, -0.25) is 9.89 Å². The zero-order valence-corrected chi connectivity index (χ0v) is 13.4. The number of aryl methyl sites for hydroxylation is 2. The number of nitrogens with one attached hydrogen (secondary N) is 1. The molecule has 23 heavy (non-hydrogen) atoms. The topological polar surface area (TPSA) is 97.1 Å². The second-order valence-corrected chi connectivity index (χ2v) is 5.78. The molecule has 0 aliphatic carbocycles. The van der Waals surface area contributed by atoms with Crippen LogP contribution in [-0.4, -0.2) is 45.7 Å². The summed E-state index contributed by atoms with van der Waals surface area (Å²) in [5.74, 6) is 0.536. The molecule has 1 fully saturated rings. The third-order valence-electron chi connectivity index (χ3n) is 4.15. The Morgan fingerprint density at radius 1 is 1.48 bits per heavy atom. The van der Waals surface area contributed by atoms with Gasteiger partial charge < -0.3 is 15.4 Å². The summed E-state index contributed by atoms with van der Waals surface area (Å²) >= 11 is 0. The van der Waals surface area contributed by atoms with Gasteiger partial charge in [0.25, 0.3) is 0 Å². The lowest BCUT2D eigenvalue weighted by Gasteiger charge is -2.32. The average Bonchev–Trinajstić information content (AvgIpc) is 2.87. The van der Waals surface area contributed by atoms with Crippen molar-refractivity contribution in [2.75, 3.05) is 25.4 Å². The van der Waals surface area contributed by atoms with Crippen LogP contribution in [0, 0.1) is 13.8 Å². The lowest BCUT2D eigenvalue weighted by Crippen LogP contribution is -2.43. The van der Waals surface area contributed by atoms with Crippen LogP contribution in [0.5, 0.6) is 0 Å². The Hall–Kier alpha value is -2.41. The highest BCUT2D eigenvalue weighted by atomic mass is 16.5. The highest BCUT2D eigenvalue weighted by Crippen LogP contribution is 2.22. The molecular formula is C16H21N5O2. The van der Waals surface area contributed by atoms with Gasteiger partial charge in [-0.2, -0.15) is 5.10 Å². The Kier molecular flexibility index (Phi) is 4.29. The Morgan fingerprint density at radius 2 is 2.30 bits per heavy atom. The van der Waals surface area contributed by atoms with Gasteiger partial charge in [0.05, 0.1) is 31.0 Å². The molecule has 1 aliphatic heterocycles. The molecular weight excluding hydrogens is 294 g/mol. The Bertz CT molecular complexity index is 693. The molecule has 2 aromatic rings. The molecule has 3 heterocycles. The van der Waals surface area contributed by atoms with Crippen molar-refractivity contribution in [2.24, 2.45) is 0 Å². The Labute approximate surface area is 134 Å². The van der Waals surface area contributed by atoms with Crippen LogP contribution in [0.4, 0.5) is 5.82 Å². The summed E-state index contributed by atoms with van der Waals surface area (Å²) in [4.78, 5) is 18.7. The molecule has 1 amide bonds. The van der Waals surface area contributed by atoms with Crippen LogP contribution < -0.4 is 5.73 Å². The molecule has 0 radical (unpaired) electrons. The number of nitrogen functional groups attached to an aromatic ring is 1. The number of H-pyrrole nitrogens is 1. The van der Waals surface area contributed by atoms with E-state index in [0.29, 0.717) is 31.9 Å². The fourth-order valence-electron chi connectivity index (χ4n) is 2.80. The van der Waals surface area contributed by atoms with Crippen LogP contribution in [0.1, 0.15) is 28.7 Å². The van der Waals surface area contributed by atoms with Crippen molar-refractivity contribution < 1.29 is 9.53 Å². The highest BCUT2D eigenvalue weighted by Gasteiger charge is 2.27. The minimum absolute atomic E-state index is 0.0785. The normalized spacial score (nSPS) is 18.2. The van der Waals surface area contributed by atoms with Crippen molar-refractivity contribution in [2.45, 2.75) is 26.4 Å². The predicted octanol–water partition coefficient (Wildman–Crippen LogP) is 1.15. The van der Waals surface area contributed by atoms with Crippen molar-refractivity contribution in [3.63, 3.8) is 0 Å². The standard InChI is InChI=1S/C16H21N5O2/c1-10-12(11(2)20-19-10)8-16(22)21-6-7-23-14(9-21)13-4-3-5-15(17)18-13/h3-5,14H,6-9H2,1-2H3,(H2,17,18)(H,19,20)/t14-/m1/s1. The first kappa shape index (κ1) is 15.5. The fraction of sp³-hybridized carbons (Fsp3) is 0.438. The van der Waals surface area contributed by atoms with Gasteiger partial charge in [-0.1, -0.05) is 6.07 Å². The summed E-state index contributed by atoms with van der Waals surface area (Å²) in [6.45, 7) is 5.42. The third kappa shape index (κ3) is 3.34. The first-order valence-electron chi connectivity index (χ1n) is 7.67. The SMILES string of the molecule is Cc1n[nH]c(C)c1CC(=O)N1CCO[C@@H](c2cccc(N)n2)C1. The van der Waals surface area contributed by atoms with E-state index < -0.39 is 0 Å². The van der Waals surface area contributed by atoms with E-state index in [-0.39, 0.29) is 12.0 Å². The van der Waals surface area contributed by atoms with Crippen molar-refractivity contribution in [1.82, 2.24) is 20.1 Å². The van der Waals surface area contributed by atoms with Crippen molar-refractivity contribution in [3.8, 4) is 0 Å². The Morgan fingerprint density at radius 3 is 3.00 bits per heavy atom. The maximum atomic E-state index is 12.6. The maximum Gasteiger partial charge on any atom is 0.227 e. The van der Waals surface area contributed by atoms with Gasteiger partial charge in [-0.05, 0) is 26.0 Å². The van der Waals surface area contributed by atoms with E-state index >= 15 is 0 Å². The molecule has 2 aromatic heterocycles. The van der Waals surface area contributed by atoms with Gasteiger partial charge in [0.15, 0.2) is 0 Å². The number of morpholine rings is 1. The highest BCUT2D eigenvalue weighted by molar-refractivity contribution is 5.79. The number of anilines is 1. The van der Waals surface area contributed by atoms with Crippen LogP contribution in [0.25, 0.3) is 0 Å². The number of pyridine rings is 1. The number of nitrogens with zero attached hydrogens (tertiary/aromatic N) is 3. The summed E-state index contributed by atoms with van der Waals surface area (Å²) in [6, 6.07) is 5.46. The molecule has 7 nitrogen and oxygen atoms in total. The number of carbonyl (C=O) groups is 1. The third-order valence-corrected chi connectivity index (χ3v) is 4.15. The zero-order chi connectivity index (χ0) is 16.4. The summed E-state index contributed by atoms with van der Waals surface area (Å²) in [5, 5.41) is 7.06. The molecule has 7 heteroatoms. The van der Waals surface area contributed by atoms with E-state index in [9.17, 15) is 4.79 Å². The second kappa shape index (κ2) is 6.37. The number of carbonyl (C=O) groups excluding carboxylic acids is 1. The van der Waals surface area contributed by atoms with E-state index in [2.05, 4.69) is 15.2 Å². The molecule has 1 aliphatic rings. The molecule has 3 N–H and O–H groups in total. The second-order valence-electron chi connectivity index (χ2n) is 5.78. The van der Waals surface area contributed by atoms with E-state index in [1.807, 2.05) is 30.9 Å². The molecule has 0 spiro atoms. The Balaban J connectivity index is 1.70. The number of amides is 1. The lowest BCUT2D eigenvalue weighted by atomic mass is 10.1. The van der Waals surface area contributed by atoms with Gasteiger partial charge in [-0.25, -0.2) is 4.98 Å². The first-order chi connectivity index (χ1) is 11.0. The summed E-state index contributed by atoms with van der Waals surface area (Å²) < 4.78 is 5.75. The van der Waals surface area contributed by atoms with E-state index in [1.54, 1.807) is 6.07 Å². The molecule has 0 unspecified atom stereocenters. The van der Waals surface area contributed by atoms with Crippen molar-refractivity contribution in [1.29, 1.82) is 0 Å². The minimum atomic E-state index is -0.234. The number of ether oxygens (including phenoxy) is 1. The van der Waals surface area contributed by atoms with Crippen molar-refractivity contribution >= 4 is 11.7 Å². The van der Waals surface area contributed by atoms with Crippen LogP contribution in [0.2, 0.25) is 0 Å². The molecule has 3 rings (SSSR count). The smallest absolute Gasteiger partial charge is 0.227 e. The quantitative estimate of drug-likeness (QED) is 0.885. The molecule has 0 aromatic carbocycles. The molecule has 1 saturated heterocycles. The number of nitrogens with two attached hydrogens (primary N) is 1. The van der Waals surface area contributed by atoms with Crippen molar-refractivity contribution in [3.05, 3.63) is 40.8 Å². The van der Waals surface area contributed by atoms with Crippen LogP contribution in [-0.2, 0) is 16.0 Å². The number of hydrogen-bond donors (Lipinski definition) is 2. The monoisotopic (exact) mass is 315 g/mol. The first-order valence-corrected chi connectivity index (χ1v) is 7.67. The van der Waals surface area contributed by atoms with E-state index in [1.165, 1.54) is 0 Å².